The van der Waals surface area contributed by atoms with E-state index in [9.17, 15) is 0 Å². The Balaban J connectivity index is 3.84. The lowest BCUT2D eigenvalue weighted by Crippen LogP contribution is -2.01. The van der Waals surface area contributed by atoms with Crippen LogP contribution in [-0.2, 0) is 0 Å². The van der Waals surface area contributed by atoms with Gasteiger partial charge in [0.2, 0.25) is 0 Å². The Morgan fingerprint density at radius 1 is 1.56 bits per heavy atom. The number of halogens is 1. The highest BCUT2D eigenvalue weighted by Crippen LogP contribution is 1.96. The van der Waals surface area contributed by atoms with Crippen molar-refractivity contribution in [2.75, 3.05) is 21.1 Å². The maximum absolute atomic E-state index is 5.65. The minimum absolute atomic E-state index is 0.641. The Kier molecular flexibility index (Phi) is 4.14. The summed E-state index contributed by atoms with van der Waals surface area (Å²) in [5, 5.41) is 0.641. The molecule has 0 aliphatic carbocycles. The van der Waals surface area contributed by atoms with E-state index < -0.39 is 0 Å². The van der Waals surface area contributed by atoms with E-state index in [0.29, 0.717) is 5.03 Å². The third-order valence-corrected chi connectivity index (χ3v) is 0.829. The van der Waals surface area contributed by atoms with Crippen LogP contribution in [0.25, 0.3) is 0 Å². The van der Waals surface area contributed by atoms with E-state index in [2.05, 4.69) is 4.99 Å². The van der Waals surface area contributed by atoms with Crippen LogP contribution in [0.1, 0.15) is 0 Å². The summed E-state index contributed by atoms with van der Waals surface area (Å²) >= 11 is 5.65. The van der Waals surface area contributed by atoms with E-state index in [1.165, 1.54) is 0 Å². The molecular formula is C6H11ClN2. The molecule has 0 saturated carbocycles. The fraction of sp³-hybridized carbons (Fsp3) is 0.500. The maximum Gasteiger partial charge on any atom is 0.0742 e. The molecule has 9 heavy (non-hydrogen) atoms. The summed E-state index contributed by atoms with van der Waals surface area (Å²) in [6, 6.07) is 0. The molecule has 52 valence electrons. The first-order valence-corrected chi connectivity index (χ1v) is 3.00. The maximum atomic E-state index is 5.65. The van der Waals surface area contributed by atoms with Crippen molar-refractivity contribution >= 4 is 17.8 Å². The SMILES string of the molecule is CN=CC(Cl)=CN(C)C. The largest absolute Gasteiger partial charge is 0.382 e. The van der Waals surface area contributed by atoms with Crippen LogP contribution in [0.3, 0.4) is 0 Å². The molecule has 0 fully saturated rings. The van der Waals surface area contributed by atoms with Crippen molar-refractivity contribution in [3.8, 4) is 0 Å². The van der Waals surface area contributed by atoms with Crippen LogP contribution in [0.5, 0.6) is 0 Å². The van der Waals surface area contributed by atoms with E-state index >= 15 is 0 Å². The normalized spacial score (nSPS) is 12.7. The van der Waals surface area contributed by atoms with Gasteiger partial charge in [-0.1, -0.05) is 11.6 Å². The second-order valence-corrected chi connectivity index (χ2v) is 2.30. The molecule has 0 atom stereocenters. The van der Waals surface area contributed by atoms with Crippen LogP contribution in [-0.4, -0.2) is 32.3 Å². The number of nitrogens with zero attached hydrogens (tertiary/aromatic N) is 2. The van der Waals surface area contributed by atoms with Gasteiger partial charge in [0.25, 0.3) is 0 Å². The van der Waals surface area contributed by atoms with E-state index in [0.717, 1.165) is 0 Å². The zero-order valence-corrected chi connectivity index (χ0v) is 6.68. The van der Waals surface area contributed by atoms with Crippen LogP contribution < -0.4 is 0 Å². The van der Waals surface area contributed by atoms with Crippen molar-refractivity contribution in [2.24, 2.45) is 4.99 Å². The van der Waals surface area contributed by atoms with Crippen LogP contribution in [0.15, 0.2) is 16.2 Å². The van der Waals surface area contributed by atoms with Gasteiger partial charge in [0.15, 0.2) is 0 Å². The lowest BCUT2D eigenvalue weighted by Gasteiger charge is -2.02. The smallest absolute Gasteiger partial charge is 0.0742 e. The molecule has 0 aromatic rings. The van der Waals surface area contributed by atoms with Gasteiger partial charge in [0, 0.05) is 33.6 Å². The molecule has 0 spiro atoms. The molecule has 0 aliphatic rings. The quantitative estimate of drug-likeness (QED) is 0.537. The molecule has 0 N–H and O–H groups in total. The Morgan fingerprint density at radius 3 is 2.44 bits per heavy atom. The third kappa shape index (κ3) is 5.37. The fourth-order valence-corrected chi connectivity index (χ4v) is 0.696. The van der Waals surface area contributed by atoms with Gasteiger partial charge < -0.3 is 4.90 Å². The Bertz CT molecular complexity index is 127. The highest BCUT2D eigenvalue weighted by Gasteiger charge is 1.83. The second kappa shape index (κ2) is 4.39. The molecule has 0 amide bonds. The van der Waals surface area contributed by atoms with Crippen LogP contribution in [0, 0.1) is 0 Å². The number of aliphatic imine (C=N–C) groups is 1. The zero-order chi connectivity index (χ0) is 7.28. The summed E-state index contributed by atoms with van der Waals surface area (Å²) < 4.78 is 0. The summed E-state index contributed by atoms with van der Waals surface area (Å²) in [6.45, 7) is 0. The molecule has 0 rings (SSSR count). The molecule has 3 heteroatoms. The molecule has 0 heterocycles. The summed E-state index contributed by atoms with van der Waals surface area (Å²) in [5.41, 5.74) is 0. The topological polar surface area (TPSA) is 15.6 Å². The van der Waals surface area contributed by atoms with E-state index in [4.69, 9.17) is 11.6 Å². The van der Waals surface area contributed by atoms with Gasteiger partial charge in [-0.25, -0.2) is 0 Å². The monoisotopic (exact) mass is 146 g/mol. The highest BCUT2D eigenvalue weighted by molar-refractivity contribution is 6.39. The predicted octanol–water partition coefficient (Wildman–Crippen LogP) is 1.33. The van der Waals surface area contributed by atoms with Crippen molar-refractivity contribution in [1.82, 2.24) is 4.90 Å². The Labute approximate surface area is 60.8 Å². The van der Waals surface area contributed by atoms with Crippen molar-refractivity contribution in [1.29, 1.82) is 0 Å². The Morgan fingerprint density at radius 2 is 2.11 bits per heavy atom. The summed E-state index contributed by atoms with van der Waals surface area (Å²) in [4.78, 5) is 5.60. The zero-order valence-electron chi connectivity index (χ0n) is 5.93. The Hall–Kier alpha value is -0.500. The molecule has 0 aliphatic heterocycles. The third-order valence-electron chi connectivity index (χ3n) is 0.634. The van der Waals surface area contributed by atoms with E-state index in [1.54, 1.807) is 19.5 Å². The minimum Gasteiger partial charge on any atom is -0.382 e. The van der Waals surface area contributed by atoms with Gasteiger partial charge in [0.05, 0.1) is 5.03 Å². The lowest BCUT2D eigenvalue weighted by atomic mass is 10.6. The standard InChI is InChI=1S/C6H11ClN2/c1-8-4-6(7)5-9(2)3/h4-5H,1-3H3. The van der Waals surface area contributed by atoms with Gasteiger partial charge in [0.1, 0.15) is 0 Å². The average Bonchev–Trinajstić information content (AvgIpc) is 1.63. The van der Waals surface area contributed by atoms with Gasteiger partial charge >= 0.3 is 0 Å². The van der Waals surface area contributed by atoms with Crippen molar-refractivity contribution < 1.29 is 0 Å². The summed E-state index contributed by atoms with van der Waals surface area (Å²) in [5.74, 6) is 0. The first kappa shape index (κ1) is 8.50. The van der Waals surface area contributed by atoms with Gasteiger partial charge in [-0.2, -0.15) is 0 Å². The number of allylic oxidation sites excluding steroid dienone is 1. The molecular weight excluding hydrogens is 136 g/mol. The molecule has 0 radical (unpaired) electrons. The lowest BCUT2D eigenvalue weighted by molar-refractivity contribution is 0.563. The second-order valence-electron chi connectivity index (χ2n) is 1.86. The van der Waals surface area contributed by atoms with Gasteiger partial charge in [-0.15, -0.1) is 0 Å². The van der Waals surface area contributed by atoms with Crippen molar-refractivity contribution in [2.45, 2.75) is 0 Å². The first-order valence-electron chi connectivity index (χ1n) is 2.62. The van der Waals surface area contributed by atoms with Crippen LogP contribution in [0.2, 0.25) is 0 Å². The summed E-state index contributed by atoms with van der Waals surface area (Å²) in [7, 11) is 5.50. The number of hydrogen-bond acceptors (Lipinski definition) is 2. The van der Waals surface area contributed by atoms with Gasteiger partial charge in [-0.3, -0.25) is 4.99 Å². The molecule has 0 aromatic carbocycles. The first-order chi connectivity index (χ1) is 4.16. The number of hydrogen-bond donors (Lipinski definition) is 0. The van der Waals surface area contributed by atoms with Crippen LogP contribution in [0.4, 0.5) is 0 Å². The highest BCUT2D eigenvalue weighted by atomic mass is 35.5. The number of rotatable bonds is 2. The van der Waals surface area contributed by atoms with Crippen molar-refractivity contribution in [3.63, 3.8) is 0 Å². The van der Waals surface area contributed by atoms with Gasteiger partial charge in [-0.05, 0) is 0 Å². The molecule has 2 nitrogen and oxygen atoms in total. The molecule has 0 aromatic heterocycles. The predicted molar refractivity (Wildman–Crippen MR) is 42.0 cm³/mol. The minimum atomic E-state index is 0.641. The van der Waals surface area contributed by atoms with Crippen molar-refractivity contribution in [3.05, 3.63) is 11.2 Å². The molecule has 0 saturated heterocycles. The molecule has 0 bridgehead atoms. The molecule has 0 unspecified atom stereocenters. The van der Waals surface area contributed by atoms with Crippen LogP contribution >= 0.6 is 11.6 Å². The van der Waals surface area contributed by atoms with E-state index in [-0.39, 0.29) is 0 Å². The average molecular weight is 147 g/mol. The summed E-state index contributed by atoms with van der Waals surface area (Å²) in [6.07, 6.45) is 3.39. The van der Waals surface area contributed by atoms with E-state index in [1.807, 2.05) is 19.0 Å². The fourth-order valence-electron chi connectivity index (χ4n) is 0.403.